The molecule has 2 fully saturated rings. The molecule has 5 aromatic rings. The standard InChI is InChI=1S/C61H83N9O8S/c1-42(45-25-27-46(28-26-45)56-43(2)63-41-79-56)64-59(75)51-38-47(71)40-70(51)60(76)57(61(3,4)5)65-54(73)23-14-12-10-8-6-7-9-11-13-15-24-55(74)69-32-30-68(31-33-69)34-36-77-48-20-18-19-44(37-48)29-35-78-53-39-50(66-67-58(53)62)49-21-16-17-22-52(49)72/h16-22,25-28,37,39,41-42,47,51,57,71-72H,6-15,23-24,29-36,38,40H2,1-5H3,(H2,62,67)(H,64,75)(H,65,73)/t42-,47+,51-,57+/m0/s1. The van der Waals surface area contributed by atoms with Crippen molar-refractivity contribution in [2.75, 3.05) is 58.2 Å². The molecule has 3 aromatic carbocycles. The van der Waals surface area contributed by atoms with Crippen LogP contribution in [0.15, 0.2) is 84.4 Å². The summed E-state index contributed by atoms with van der Waals surface area (Å²) in [6.45, 7) is 14.5. The normalized spacial score (nSPS) is 16.6. The van der Waals surface area contributed by atoms with Crippen molar-refractivity contribution in [3.8, 4) is 38.9 Å². The van der Waals surface area contributed by atoms with Gasteiger partial charge in [0.05, 0.1) is 34.8 Å². The van der Waals surface area contributed by atoms with Crippen LogP contribution < -0.4 is 25.8 Å². The van der Waals surface area contributed by atoms with Crippen molar-refractivity contribution in [1.82, 2.24) is 40.5 Å². The van der Waals surface area contributed by atoms with E-state index < -0.39 is 23.6 Å². The number of para-hydroxylation sites is 1. The minimum atomic E-state index is -0.849. The number of aromatic nitrogens is 3. The summed E-state index contributed by atoms with van der Waals surface area (Å²) >= 11 is 1.59. The van der Waals surface area contributed by atoms with Gasteiger partial charge in [0.2, 0.25) is 23.6 Å². The van der Waals surface area contributed by atoms with E-state index in [4.69, 9.17) is 15.2 Å². The largest absolute Gasteiger partial charge is 0.507 e. The van der Waals surface area contributed by atoms with Gasteiger partial charge in [-0.1, -0.05) is 121 Å². The lowest BCUT2D eigenvalue weighted by Gasteiger charge is -2.35. The number of hydrogen-bond acceptors (Lipinski definition) is 14. The third-order valence-corrected chi connectivity index (χ3v) is 16.0. The Bertz CT molecular complexity index is 2760. The number of phenols is 1. The summed E-state index contributed by atoms with van der Waals surface area (Å²) in [7, 11) is 0. The number of β-amino-alcohol motifs (C(OH)–C–C–N with tert-alkyl or cyclic N) is 1. The first kappa shape index (κ1) is 60.0. The highest BCUT2D eigenvalue weighted by Gasteiger charge is 2.44. The number of nitrogen functional groups attached to an aromatic ring is 1. The summed E-state index contributed by atoms with van der Waals surface area (Å²) in [5.74, 6) is 0.870. The number of hydrogen-bond donors (Lipinski definition) is 5. The van der Waals surface area contributed by atoms with Crippen LogP contribution in [0.1, 0.15) is 134 Å². The van der Waals surface area contributed by atoms with E-state index >= 15 is 0 Å². The number of ether oxygens (including phenoxy) is 2. The maximum Gasteiger partial charge on any atom is 0.246 e. The lowest BCUT2D eigenvalue weighted by molar-refractivity contribution is -0.144. The summed E-state index contributed by atoms with van der Waals surface area (Å²) in [5.41, 5.74) is 12.3. The molecule has 0 unspecified atom stereocenters. The number of phenolic OH excluding ortho intramolecular Hbond substituents is 1. The lowest BCUT2D eigenvalue weighted by Crippen LogP contribution is -2.57. The number of amides is 4. The SMILES string of the molecule is Cc1ncsc1-c1ccc([C@H](C)NC(=O)[C@@H]2C[C@@H](O)CN2C(=O)[C@@H](NC(=O)CCCCCCCCCCCCC(=O)N2CCN(CCOc3cccc(CCOc4cc(-c5ccccc5O)nnc4N)c3)CC2)C(C)(C)C)cc1. The predicted octanol–water partition coefficient (Wildman–Crippen LogP) is 9.06. The van der Waals surface area contributed by atoms with Crippen LogP contribution >= 0.6 is 11.3 Å². The van der Waals surface area contributed by atoms with Gasteiger partial charge in [0.25, 0.3) is 0 Å². The van der Waals surface area contributed by atoms with Crippen LogP contribution in [0, 0.1) is 12.3 Å². The van der Waals surface area contributed by atoms with Crippen molar-refractivity contribution in [1.29, 1.82) is 0 Å². The molecule has 2 aliphatic rings. The van der Waals surface area contributed by atoms with E-state index in [0.717, 1.165) is 130 Å². The Balaban J connectivity index is 0.692. The second-order valence-corrected chi connectivity index (χ2v) is 23.1. The topological polar surface area (TPSA) is 226 Å². The molecule has 2 saturated heterocycles. The number of carbonyl (C=O) groups excluding carboxylic acids is 4. The van der Waals surface area contributed by atoms with Gasteiger partial charge in [-0.3, -0.25) is 24.1 Å². The zero-order valence-corrected chi connectivity index (χ0v) is 47.8. The van der Waals surface area contributed by atoms with E-state index in [0.29, 0.717) is 49.5 Å². The number of anilines is 1. The Morgan fingerprint density at radius 3 is 2.16 bits per heavy atom. The quantitative estimate of drug-likeness (QED) is 0.0295. The number of nitrogens with one attached hydrogen (secondary N) is 2. The number of aryl methyl sites for hydroxylation is 1. The Morgan fingerprint density at radius 2 is 1.49 bits per heavy atom. The third-order valence-electron chi connectivity index (χ3n) is 15.0. The van der Waals surface area contributed by atoms with Crippen LogP contribution in [0.4, 0.5) is 5.82 Å². The van der Waals surface area contributed by atoms with Crippen LogP contribution in [0.5, 0.6) is 17.2 Å². The molecule has 17 nitrogen and oxygen atoms in total. The molecule has 18 heteroatoms. The zero-order chi connectivity index (χ0) is 56.3. The van der Waals surface area contributed by atoms with Crippen molar-refractivity contribution in [3.05, 3.63) is 101 Å². The molecule has 7 rings (SSSR count). The van der Waals surface area contributed by atoms with Crippen molar-refractivity contribution in [2.45, 2.75) is 149 Å². The highest BCUT2D eigenvalue weighted by molar-refractivity contribution is 7.13. The summed E-state index contributed by atoms with van der Waals surface area (Å²) in [5, 5.41) is 35.1. The lowest BCUT2D eigenvalue weighted by atomic mass is 9.85. The number of piperazine rings is 1. The van der Waals surface area contributed by atoms with E-state index in [2.05, 4.69) is 30.7 Å². The molecule has 426 valence electrons. The molecule has 0 spiro atoms. The highest BCUT2D eigenvalue weighted by atomic mass is 32.1. The minimum absolute atomic E-state index is 0.0319. The number of aliphatic hydroxyl groups is 1. The molecule has 79 heavy (non-hydrogen) atoms. The fourth-order valence-corrected chi connectivity index (χ4v) is 11.1. The maximum absolute atomic E-state index is 14.1. The predicted molar refractivity (Wildman–Crippen MR) is 309 cm³/mol. The van der Waals surface area contributed by atoms with E-state index in [9.17, 15) is 29.4 Å². The maximum atomic E-state index is 14.1. The van der Waals surface area contributed by atoms with Crippen LogP contribution in [0.25, 0.3) is 21.7 Å². The first-order chi connectivity index (χ1) is 38.0. The number of nitrogens with two attached hydrogens (primary N) is 1. The molecule has 2 aliphatic heterocycles. The number of benzene rings is 3. The van der Waals surface area contributed by atoms with Gasteiger partial charge in [0.15, 0.2) is 11.6 Å². The molecule has 0 radical (unpaired) electrons. The van der Waals surface area contributed by atoms with Gasteiger partial charge >= 0.3 is 0 Å². The average molecular weight is 1100 g/mol. The Hall–Kier alpha value is -6.63. The van der Waals surface area contributed by atoms with Crippen molar-refractivity contribution < 1.29 is 38.9 Å². The molecule has 0 bridgehead atoms. The van der Waals surface area contributed by atoms with E-state index in [-0.39, 0.29) is 54.2 Å². The van der Waals surface area contributed by atoms with Crippen LogP contribution in [0.3, 0.4) is 0 Å². The van der Waals surface area contributed by atoms with Gasteiger partial charge in [0, 0.05) is 76.6 Å². The van der Waals surface area contributed by atoms with E-state index in [1.165, 1.54) is 4.90 Å². The first-order valence-corrected chi connectivity index (χ1v) is 29.3. The molecule has 4 amide bonds. The van der Waals surface area contributed by atoms with Crippen molar-refractivity contribution in [2.24, 2.45) is 5.41 Å². The van der Waals surface area contributed by atoms with Gasteiger partial charge in [-0.05, 0) is 73.1 Å². The van der Waals surface area contributed by atoms with E-state index in [1.54, 1.807) is 35.6 Å². The highest BCUT2D eigenvalue weighted by Crippen LogP contribution is 2.32. The van der Waals surface area contributed by atoms with Crippen LogP contribution in [-0.2, 0) is 25.6 Å². The number of aliphatic hydroxyl groups excluding tert-OH is 1. The number of likely N-dealkylation sites (tertiary alicyclic amines) is 1. The molecule has 4 heterocycles. The summed E-state index contributed by atoms with van der Waals surface area (Å²) in [6, 6.07) is 22.6. The first-order valence-electron chi connectivity index (χ1n) is 28.4. The zero-order valence-electron chi connectivity index (χ0n) is 47.0. The monoisotopic (exact) mass is 1100 g/mol. The third kappa shape index (κ3) is 17.9. The van der Waals surface area contributed by atoms with Crippen LogP contribution in [-0.4, -0.2) is 134 Å². The van der Waals surface area contributed by atoms with Gasteiger partial charge in [0.1, 0.15) is 35.9 Å². The number of aromatic hydroxyl groups is 1. The van der Waals surface area contributed by atoms with Gasteiger partial charge in [-0.25, -0.2) is 4.98 Å². The molecular weight excluding hydrogens is 1020 g/mol. The molecule has 6 N–H and O–H groups in total. The molecule has 4 atom stereocenters. The Labute approximate surface area is 470 Å². The smallest absolute Gasteiger partial charge is 0.246 e. The number of unbranched alkanes of at least 4 members (excludes halogenated alkanes) is 9. The molecule has 0 aliphatic carbocycles. The summed E-state index contributed by atoms with van der Waals surface area (Å²) in [6.07, 6.45) is 11.2. The number of thiazole rings is 1. The fourth-order valence-electron chi connectivity index (χ4n) is 10.3. The number of rotatable bonds is 28. The molecule has 0 saturated carbocycles. The second-order valence-electron chi connectivity index (χ2n) is 22.2. The Kier molecular flexibility index (Phi) is 22.4. The summed E-state index contributed by atoms with van der Waals surface area (Å²) < 4.78 is 12.1. The summed E-state index contributed by atoms with van der Waals surface area (Å²) in [4.78, 5) is 65.3. The number of carbonyl (C=O) groups is 4. The van der Waals surface area contributed by atoms with Gasteiger partial charge < -0.3 is 45.9 Å². The molecular formula is C61H83N9O8S. The van der Waals surface area contributed by atoms with Crippen molar-refractivity contribution in [3.63, 3.8) is 0 Å². The fraction of sp³-hybridized carbons (Fsp3) is 0.525. The molecule has 2 aromatic heterocycles. The Morgan fingerprint density at radius 1 is 0.810 bits per heavy atom. The van der Waals surface area contributed by atoms with Gasteiger partial charge in [-0.15, -0.1) is 21.5 Å². The van der Waals surface area contributed by atoms with Gasteiger partial charge in [-0.2, -0.15) is 0 Å². The average Bonchev–Trinajstić information content (AvgIpc) is 4.06. The number of nitrogens with zero attached hydrogens (tertiary/aromatic N) is 6. The van der Waals surface area contributed by atoms with Crippen LogP contribution in [0.2, 0.25) is 0 Å². The van der Waals surface area contributed by atoms with Crippen molar-refractivity contribution >= 4 is 40.8 Å². The second kappa shape index (κ2) is 29.5. The van der Waals surface area contributed by atoms with E-state index in [1.807, 2.05) is 99.6 Å². The minimum Gasteiger partial charge on any atom is -0.507 e.